The number of rotatable bonds is 1. The second-order valence-electron chi connectivity index (χ2n) is 4.90. The van der Waals surface area contributed by atoms with Crippen molar-refractivity contribution in [2.45, 2.75) is 12.5 Å². The Morgan fingerprint density at radius 3 is 2.94 bits per heavy atom. The number of amides is 1. The molecule has 1 aromatic rings. The highest BCUT2D eigenvalue weighted by molar-refractivity contribution is 5.66. The topological polar surface area (TPSA) is 76.9 Å². The molecule has 0 bridgehead atoms. The van der Waals surface area contributed by atoms with Crippen LogP contribution in [-0.2, 0) is 0 Å². The van der Waals surface area contributed by atoms with E-state index in [9.17, 15) is 9.90 Å². The molecule has 2 N–H and O–H groups in total. The average molecular weight is 249 g/mol. The van der Waals surface area contributed by atoms with Crippen molar-refractivity contribution in [2.24, 2.45) is 5.92 Å². The molecular weight excluding hydrogens is 234 g/mol. The third-order valence-electron chi connectivity index (χ3n) is 3.86. The van der Waals surface area contributed by atoms with E-state index in [-0.39, 0.29) is 11.8 Å². The van der Waals surface area contributed by atoms with Crippen LogP contribution in [0.15, 0.2) is 18.5 Å². The lowest BCUT2D eigenvalue weighted by Crippen LogP contribution is -2.36. The van der Waals surface area contributed by atoms with Crippen molar-refractivity contribution in [1.82, 2.24) is 9.88 Å². The van der Waals surface area contributed by atoms with E-state index in [0.29, 0.717) is 19.0 Å². The van der Waals surface area contributed by atoms with Crippen LogP contribution < -0.4 is 4.90 Å². The smallest absolute Gasteiger partial charge is 0.407 e. The van der Waals surface area contributed by atoms with E-state index in [2.05, 4.69) is 9.88 Å². The quantitative estimate of drug-likeness (QED) is 0.775. The summed E-state index contributed by atoms with van der Waals surface area (Å²) in [5.74, 6) is 0.535. The van der Waals surface area contributed by atoms with Gasteiger partial charge in [0.15, 0.2) is 0 Å². The van der Waals surface area contributed by atoms with E-state index in [0.717, 1.165) is 18.7 Å². The minimum Gasteiger partial charge on any atom is -0.506 e. The van der Waals surface area contributed by atoms with E-state index >= 15 is 0 Å². The Balaban J connectivity index is 1.81. The molecule has 0 spiro atoms. The lowest BCUT2D eigenvalue weighted by atomic mass is 10.1. The number of aromatic nitrogens is 1. The fraction of sp³-hybridized carbons (Fsp3) is 0.500. The van der Waals surface area contributed by atoms with Gasteiger partial charge in [-0.25, -0.2) is 4.79 Å². The Morgan fingerprint density at radius 2 is 2.22 bits per heavy atom. The van der Waals surface area contributed by atoms with Gasteiger partial charge in [0.1, 0.15) is 5.75 Å². The maximum absolute atomic E-state index is 11.0. The van der Waals surface area contributed by atoms with Crippen molar-refractivity contribution >= 4 is 11.8 Å². The van der Waals surface area contributed by atoms with Crippen molar-refractivity contribution in [1.29, 1.82) is 0 Å². The molecule has 0 unspecified atom stereocenters. The summed E-state index contributed by atoms with van der Waals surface area (Å²) in [4.78, 5) is 18.6. The van der Waals surface area contributed by atoms with Crippen molar-refractivity contribution in [3.05, 3.63) is 18.5 Å². The van der Waals surface area contributed by atoms with Crippen molar-refractivity contribution in [3.63, 3.8) is 0 Å². The first-order valence-corrected chi connectivity index (χ1v) is 6.03. The number of nitrogens with zero attached hydrogens (tertiary/aromatic N) is 3. The highest BCUT2D eigenvalue weighted by atomic mass is 16.4. The molecule has 0 radical (unpaired) electrons. The van der Waals surface area contributed by atoms with Crippen LogP contribution in [-0.4, -0.2) is 51.9 Å². The van der Waals surface area contributed by atoms with Gasteiger partial charge in [0.05, 0.1) is 24.1 Å². The Bertz CT molecular complexity index is 479. The number of anilines is 1. The monoisotopic (exact) mass is 249 g/mol. The number of likely N-dealkylation sites (tertiary alicyclic amines) is 1. The number of fused-ring (bicyclic) bond motifs is 1. The maximum atomic E-state index is 11.0. The summed E-state index contributed by atoms with van der Waals surface area (Å²) in [6.07, 6.45) is 3.25. The minimum atomic E-state index is -0.849. The Kier molecular flexibility index (Phi) is 2.50. The molecule has 2 aliphatic rings. The largest absolute Gasteiger partial charge is 0.506 e. The lowest BCUT2D eigenvalue weighted by molar-refractivity contribution is 0.153. The maximum Gasteiger partial charge on any atom is 0.407 e. The Hall–Kier alpha value is -1.98. The first-order chi connectivity index (χ1) is 8.65. The molecule has 18 heavy (non-hydrogen) atoms. The van der Waals surface area contributed by atoms with E-state index < -0.39 is 6.09 Å². The fourth-order valence-electron chi connectivity index (χ4n) is 3.01. The number of pyridine rings is 1. The van der Waals surface area contributed by atoms with Crippen molar-refractivity contribution < 1.29 is 15.0 Å². The molecule has 0 aliphatic carbocycles. The third-order valence-corrected chi connectivity index (χ3v) is 3.86. The number of hydrogen-bond donors (Lipinski definition) is 2. The van der Waals surface area contributed by atoms with Crippen LogP contribution in [0.3, 0.4) is 0 Å². The summed E-state index contributed by atoms with van der Waals surface area (Å²) >= 11 is 0. The van der Waals surface area contributed by atoms with Gasteiger partial charge in [0.25, 0.3) is 0 Å². The number of hydrogen-bond acceptors (Lipinski definition) is 4. The van der Waals surface area contributed by atoms with Crippen LogP contribution in [0.1, 0.15) is 6.42 Å². The standard InChI is InChI=1S/C12H15N3O3/c16-10-3-9(4-13-5-10)15-2-1-8-6-14(12(17)18)7-11(8)15/h3-5,8,11,16H,1-2,6-7H2,(H,17,18)/t8-,11+/m0/s1. The molecule has 2 aliphatic heterocycles. The predicted octanol–water partition coefficient (Wildman–Crippen LogP) is 0.976. The normalized spacial score (nSPS) is 26.4. The first kappa shape index (κ1) is 11.1. The Morgan fingerprint density at radius 1 is 1.39 bits per heavy atom. The summed E-state index contributed by atoms with van der Waals surface area (Å²) in [5.41, 5.74) is 0.870. The van der Waals surface area contributed by atoms with Gasteiger partial charge >= 0.3 is 6.09 Å². The second-order valence-corrected chi connectivity index (χ2v) is 4.90. The van der Waals surface area contributed by atoms with Crippen LogP contribution in [0.5, 0.6) is 5.75 Å². The van der Waals surface area contributed by atoms with E-state index in [1.54, 1.807) is 12.3 Å². The van der Waals surface area contributed by atoms with Gasteiger partial charge in [-0.3, -0.25) is 4.98 Å². The number of carbonyl (C=O) groups is 1. The average Bonchev–Trinajstić information content (AvgIpc) is 2.87. The van der Waals surface area contributed by atoms with Crippen LogP contribution in [0.25, 0.3) is 0 Å². The van der Waals surface area contributed by atoms with E-state index in [1.807, 2.05) is 0 Å². The van der Waals surface area contributed by atoms with Gasteiger partial charge in [0, 0.05) is 31.6 Å². The van der Waals surface area contributed by atoms with Crippen LogP contribution >= 0.6 is 0 Å². The van der Waals surface area contributed by atoms with Crippen LogP contribution in [0.4, 0.5) is 10.5 Å². The van der Waals surface area contributed by atoms with Gasteiger partial charge in [-0.05, 0) is 6.42 Å². The van der Waals surface area contributed by atoms with Gasteiger partial charge in [0.2, 0.25) is 0 Å². The summed E-state index contributed by atoms with van der Waals surface area (Å²) < 4.78 is 0. The van der Waals surface area contributed by atoms with Gasteiger partial charge in [-0.15, -0.1) is 0 Å². The highest BCUT2D eigenvalue weighted by Crippen LogP contribution is 2.35. The molecule has 2 fully saturated rings. The predicted molar refractivity (Wildman–Crippen MR) is 64.7 cm³/mol. The molecule has 6 nitrogen and oxygen atoms in total. The molecule has 3 rings (SSSR count). The summed E-state index contributed by atoms with van der Waals surface area (Å²) in [7, 11) is 0. The zero-order chi connectivity index (χ0) is 12.7. The van der Waals surface area contributed by atoms with Crippen molar-refractivity contribution in [3.8, 4) is 5.75 Å². The van der Waals surface area contributed by atoms with Crippen molar-refractivity contribution in [2.75, 3.05) is 24.5 Å². The molecule has 2 atom stereocenters. The fourth-order valence-corrected chi connectivity index (χ4v) is 3.01. The van der Waals surface area contributed by atoms with Crippen LogP contribution in [0, 0.1) is 5.92 Å². The zero-order valence-electron chi connectivity index (χ0n) is 9.86. The summed E-state index contributed by atoms with van der Waals surface area (Å²) in [6, 6.07) is 1.89. The molecule has 3 heterocycles. The second kappa shape index (κ2) is 4.04. The third kappa shape index (κ3) is 1.73. The zero-order valence-corrected chi connectivity index (χ0v) is 9.86. The van der Waals surface area contributed by atoms with E-state index in [4.69, 9.17) is 5.11 Å². The molecule has 96 valence electrons. The number of carboxylic acid groups (broad SMARTS) is 1. The molecule has 6 heteroatoms. The number of aromatic hydroxyl groups is 1. The van der Waals surface area contributed by atoms with Gasteiger partial charge < -0.3 is 20.0 Å². The highest BCUT2D eigenvalue weighted by Gasteiger charge is 2.43. The molecule has 0 aromatic carbocycles. The van der Waals surface area contributed by atoms with Gasteiger partial charge in [-0.2, -0.15) is 0 Å². The summed E-state index contributed by atoms with van der Waals surface area (Å²) in [5, 5.41) is 18.5. The SMILES string of the molecule is O=C(O)N1C[C@@H]2CCN(c3cncc(O)c3)[C@@H]2C1. The first-order valence-electron chi connectivity index (χ1n) is 6.03. The molecule has 2 saturated heterocycles. The molecule has 1 amide bonds. The minimum absolute atomic E-state index is 0.143. The Labute approximate surface area is 104 Å². The molecule has 0 saturated carbocycles. The van der Waals surface area contributed by atoms with E-state index in [1.165, 1.54) is 11.1 Å². The molecular formula is C12H15N3O3. The van der Waals surface area contributed by atoms with Gasteiger partial charge in [-0.1, -0.05) is 0 Å². The molecule has 1 aromatic heterocycles. The summed E-state index contributed by atoms with van der Waals surface area (Å²) in [6.45, 7) is 2.05. The lowest BCUT2D eigenvalue weighted by Gasteiger charge is -2.26. The van der Waals surface area contributed by atoms with Crippen LogP contribution in [0.2, 0.25) is 0 Å².